The number of pyridine rings is 1. The summed E-state index contributed by atoms with van der Waals surface area (Å²) in [7, 11) is 0. The minimum absolute atomic E-state index is 0.0286. The van der Waals surface area contributed by atoms with Gasteiger partial charge in [0.15, 0.2) is 0 Å². The molecule has 5 heteroatoms. The molecular weight excluding hydrogens is 803 g/mol. The third-order valence-electron chi connectivity index (χ3n) is 16.2. The van der Waals surface area contributed by atoms with Gasteiger partial charge in [0.1, 0.15) is 11.5 Å². The molecule has 1 aliphatic carbocycles. The van der Waals surface area contributed by atoms with E-state index in [0.29, 0.717) is 0 Å². The van der Waals surface area contributed by atoms with Crippen LogP contribution in [0.4, 0.5) is 5.69 Å². The number of fused-ring (bicyclic) bond motifs is 9. The molecule has 0 radical (unpaired) electrons. The lowest BCUT2D eigenvalue weighted by Crippen LogP contribution is -2.52. The van der Waals surface area contributed by atoms with Crippen LogP contribution in [0.15, 0.2) is 114 Å². The summed E-state index contributed by atoms with van der Waals surface area (Å²) in [5, 5.41) is 4.88. The van der Waals surface area contributed by atoms with Gasteiger partial charge < -0.3 is 9.47 Å². The molecule has 0 N–H and O–H groups in total. The van der Waals surface area contributed by atoms with Crippen LogP contribution >= 0.6 is 0 Å². The predicted molar refractivity (Wildman–Crippen MR) is 280 cm³/mol. The molecule has 3 aromatic heterocycles. The number of benzene rings is 6. The molecular formula is C61H63N5. The third-order valence-corrected chi connectivity index (χ3v) is 16.2. The molecule has 332 valence electrons. The molecule has 0 amide bonds. The van der Waals surface area contributed by atoms with E-state index in [-0.39, 0.29) is 11.3 Å². The van der Waals surface area contributed by atoms with E-state index >= 15 is 0 Å². The van der Waals surface area contributed by atoms with E-state index in [4.69, 9.17) is 9.98 Å². The summed E-state index contributed by atoms with van der Waals surface area (Å²) < 4.78 is 4.88. The van der Waals surface area contributed by atoms with Gasteiger partial charge in [-0.05, 0) is 196 Å². The average Bonchev–Trinajstić information content (AvgIpc) is 3.93. The SMILES string of the molecule is Cc1ccc2c(c1)c1ccc(-n3c4ccc(C(C)(C)C)cc4c4cccnc43)cc1n2-c1cc(C2=N[C@]3(C)Cc4c(ccc(C)c4C)[C@]3(C)N2c2c(C)c(C)cc(C)c2C)cc(C(C)C)c1. The van der Waals surface area contributed by atoms with Crippen molar-refractivity contribution in [2.24, 2.45) is 4.99 Å². The first-order valence-corrected chi connectivity index (χ1v) is 24.0. The third kappa shape index (κ3) is 5.84. The zero-order valence-electron chi connectivity index (χ0n) is 41.4. The van der Waals surface area contributed by atoms with Crippen molar-refractivity contribution >= 4 is 55.3 Å². The Morgan fingerprint density at radius 2 is 1.32 bits per heavy atom. The lowest BCUT2D eigenvalue weighted by Gasteiger charge is -2.44. The molecule has 4 heterocycles. The van der Waals surface area contributed by atoms with E-state index in [1.807, 2.05) is 6.20 Å². The molecule has 66 heavy (non-hydrogen) atoms. The molecule has 2 aliphatic rings. The van der Waals surface area contributed by atoms with Crippen molar-refractivity contribution < 1.29 is 0 Å². The molecule has 0 saturated heterocycles. The van der Waals surface area contributed by atoms with E-state index < -0.39 is 11.1 Å². The number of hydrogen-bond acceptors (Lipinski definition) is 3. The molecule has 9 aromatic rings. The van der Waals surface area contributed by atoms with E-state index in [9.17, 15) is 0 Å². The van der Waals surface area contributed by atoms with Crippen molar-refractivity contribution in [2.75, 3.05) is 4.90 Å². The summed E-state index contributed by atoms with van der Waals surface area (Å²) in [5.74, 6) is 1.33. The molecule has 6 aromatic carbocycles. The van der Waals surface area contributed by atoms with Crippen molar-refractivity contribution in [1.82, 2.24) is 14.1 Å². The van der Waals surface area contributed by atoms with Crippen molar-refractivity contribution in [1.29, 1.82) is 0 Å². The van der Waals surface area contributed by atoms with Crippen molar-refractivity contribution in [2.45, 2.75) is 126 Å². The highest BCUT2D eigenvalue weighted by Crippen LogP contribution is 2.58. The van der Waals surface area contributed by atoms with Crippen molar-refractivity contribution in [3.05, 3.63) is 176 Å². The fourth-order valence-corrected chi connectivity index (χ4v) is 11.8. The van der Waals surface area contributed by atoms with Gasteiger partial charge >= 0.3 is 0 Å². The fraction of sp³-hybridized carbons (Fsp3) is 0.311. The summed E-state index contributed by atoms with van der Waals surface area (Å²) in [5.41, 5.74) is 23.1. The Labute approximate surface area is 390 Å². The molecule has 0 saturated carbocycles. The van der Waals surface area contributed by atoms with Crippen LogP contribution in [0.5, 0.6) is 0 Å². The van der Waals surface area contributed by atoms with Crippen molar-refractivity contribution in [3.8, 4) is 11.4 Å². The maximum Gasteiger partial charge on any atom is 0.145 e. The monoisotopic (exact) mass is 866 g/mol. The molecule has 0 spiro atoms. The number of aryl methyl sites for hydroxylation is 4. The Hall–Kier alpha value is -6.46. The quantitative estimate of drug-likeness (QED) is 0.173. The summed E-state index contributed by atoms with van der Waals surface area (Å²) in [6.07, 6.45) is 2.82. The van der Waals surface area contributed by atoms with E-state index in [2.05, 4.69) is 214 Å². The van der Waals surface area contributed by atoms with Crippen LogP contribution in [0, 0.1) is 48.5 Å². The van der Waals surface area contributed by atoms with Crippen molar-refractivity contribution in [3.63, 3.8) is 0 Å². The Kier molecular flexibility index (Phi) is 9.12. The fourth-order valence-electron chi connectivity index (χ4n) is 11.8. The largest absolute Gasteiger partial charge is 0.313 e. The predicted octanol–water partition coefficient (Wildman–Crippen LogP) is 15.4. The van der Waals surface area contributed by atoms with Gasteiger partial charge in [0.05, 0.1) is 27.6 Å². The highest BCUT2D eigenvalue weighted by Gasteiger charge is 2.62. The second-order valence-electron chi connectivity index (χ2n) is 21.7. The molecule has 0 fully saturated rings. The summed E-state index contributed by atoms with van der Waals surface area (Å²) >= 11 is 0. The first-order chi connectivity index (χ1) is 31.3. The maximum absolute atomic E-state index is 6.02. The van der Waals surface area contributed by atoms with Crippen LogP contribution in [-0.2, 0) is 17.4 Å². The second kappa shape index (κ2) is 14.3. The van der Waals surface area contributed by atoms with E-state index in [1.165, 1.54) is 99.5 Å². The topological polar surface area (TPSA) is 38.4 Å². The van der Waals surface area contributed by atoms with Gasteiger partial charge in [0.25, 0.3) is 0 Å². The van der Waals surface area contributed by atoms with Crippen LogP contribution in [-0.4, -0.2) is 25.5 Å². The normalized spacial score (nSPS) is 18.4. The molecule has 5 nitrogen and oxygen atoms in total. The Bertz CT molecular complexity index is 3560. The number of rotatable bonds is 5. The first kappa shape index (κ1) is 42.2. The van der Waals surface area contributed by atoms with Gasteiger partial charge in [-0.3, -0.25) is 9.56 Å². The average molecular weight is 866 g/mol. The van der Waals surface area contributed by atoms with Crippen LogP contribution < -0.4 is 4.90 Å². The lowest BCUT2D eigenvalue weighted by molar-refractivity contribution is 0.321. The maximum atomic E-state index is 6.02. The minimum Gasteiger partial charge on any atom is -0.313 e. The zero-order valence-corrected chi connectivity index (χ0v) is 41.4. The number of anilines is 1. The second-order valence-corrected chi connectivity index (χ2v) is 21.7. The Morgan fingerprint density at radius 3 is 2.05 bits per heavy atom. The van der Waals surface area contributed by atoms with Crippen LogP contribution in [0.2, 0.25) is 0 Å². The Balaban J connectivity index is 1.18. The minimum atomic E-state index is -0.414. The van der Waals surface area contributed by atoms with Gasteiger partial charge in [0.2, 0.25) is 0 Å². The molecule has 2 atom stereocenters. The van der Waals surface area contributed by atoms with Gasteiger partial charge in [-0.25, -0.2) is 4.98 Å². The summed E-state index contributed by atoms with van der Waals surface area (Å²) in [6.45, 7) is 32.3. The number of aliphatic imine (C=N–C) groups is 1. The molecule has 0 bridgehead atoms. The summed E-state index contributed by atoms with van der Waals surface area (Å²) in [4.78, 5) is 13.7. The standard InChI is InChI=1S/C61H63N5/c1-34(2)42-28-43(57-63-60(13)33-51-39(7)36(4)18-22-52(51)61(60,14)66(57)56-40(8)37(5)27-38(6)41(56)9)30-46(29-42)64-53-23-17-35(3)26-49(53)47-21-20-45(32-55(47)64)65-54-24-19-44(59(10,11)12)31-50(54)48-16-15-25-62-58(48)65/h15-32,34H,33H2,1-14H3/t60-,61+/m1/s1. The van der Waals surface area contributed by atoms with Crippen LogP contribution in [0.1, 0.15) is 121 Å². The lowest BCUT2D eigenvalue weighted by atomic mass is 9.79. The zero-order chi connectivity index (χ0) is 46.5. The molecule has 1 aliphatic heterocycles. The Morgan fingerprint density at radius 1 is 0.606 bits per heavy atom. The highest BCUT2D eigenvalue weighted by molar-refractivity contribution is 6.16. The number of hydrogen-bond donors (Lipinski definition) is 0. The number of nitrogens with zero attached hydrogens (tertiary/aromatic N) is 5. The summed E-state index contributed by atoms with van der Waals surface area (Å²) in [6, 6.07) is 39.6. The van der Waals surface area contributed by atoms with Gasteiger partial charge in [-0.15, -0.1) is 0 Å². The van der Waals surface area contributed by atoms with Gasteiger partial charge in [-0.2, -0.15) is 0 Å². The highest BCUT2D eigenvalue weighted by atomic mass is 15.4. The van der Waals surface area contributed by atoms with Crippen LogP contribution in [0.3, 0.4) is 0 Å². The number of amidine groups is 1. The van der Waals surface area contributed by atoms with Gasteiger partial charge in [0, 0.05) is 56.8 Å². The first-order valence-electron chi connectivity index (χ1n) is 24.0. The van der Waals surface area contributed by atoms with E-state index in [1.54, 1.807) is 0 Å². The smallest absolute Gasteiger partial charge is 0.145 e. The van der Waals surface area contributed by atoms with Gasteiger partial charge in [-0.1, -0.05) is 76.6 Å². The van der Waals surface area contributed by atoms with Crippen LogP contribution in [0.25, 0.3) is 55.1 Å². The molecule has 0 unspecified atom stereocenters. The van der Waals surface area contributed by atoms with E-state index in [0.717, 1.165) is 40.4 Å². The molecule has 11 rings (SSSR count). The number of aromatic nitrogens is 3.